The standard InChI is InChI=1S/C23H26N2O4S/c1-14-7-10-20-21(15(14)2)24-23(30-20)25(13-17-6-5-11-29-17)22(26)16-8-9-18(27-3)19(12-16)28-4/h7-10,12,17H,5-6,11,13H2,1-4H3. The van der Waals surface area contributed by atoms with Crippen molar-refractivity contribution in [2.24, 2.45) is 0 Å². The van der Waals surface area contributed by atoms with Gasteiger partial charge in [0, 0.05) is 12.2 Å². The molecule has 1 aromatic heterocycles. The maximum absolute atomic E-state index is 13.6. The number of anilines is 1. The van der Waals surface area contributed by atoms with Gasteiger partial charge in [0.15, 0.2) is 16.6 Å². The average molecular weight is 427 g/mol. The SMILES string of the molecule is COc1ccc(C(=O)N(CC2CCCO2)c2nc3c(C)c(C)ccc3s2)cc1OC. The van der Waals surface area contributed by atoms with Crippen molar-refractivity contribution in [3.63, 3.8) is 0 Å². The molecule has 3 aromatic rings. The van der Waals surface area contributed by atoms with Crippen molar-refractivity contribution >= 4 is 32.6 Å². The highest BCUT2D eigenvalue weighted by Gasteiger charge is 2.28. The van der Waals surface area contributed by atoms with E-state index in [-0.39, 0.29) is 12.0 Å². The van der Waals surface area contributed by atoms with Gasteiger partial charge in [-0.05, 0) is 62.1 Å². The van der Waals surface area contributed by atoms with Gasteiger partial charge in [-0.1, -0.05) is 17.4 Å². The van der Waals surface area contributed by atoms with E-state index in [9.17, 15) is 4.79 Å². The van der Waals surface area contributed by atoms with E-state index < -0.39 is 0 Å². The van der Waals surface area contributed by atoms with Crippen LogP contribution in [0.2, 0.25) is 0 Å². The molecule has 2 aromatic carbocycles. The Morgan fingerprint density at radius 3 is 2.70 bits per heavy atom. The second-order valence-corrected chi connectivity index (χ2v) is 8.48. The fourth-order valence-electron chi connectivity index (χ4n) is 3.69. The highest BCUT2D eigenvalue weighted by Crippen LogP contribution is 2.34. The van der Waals surface area contributed by atoms with E-state index in [1.165, 1.54) is 16.9 Å². The monoisotopic (exact) mass is 426 g/mol. The lowest BCUT2D eigenvalue weighted by molar-refractivity contribution is 0.0917. The van der Waals surface area contributed by atoms with Crippen LogP contribution in [0, 0.1) is 13.8 Å². The van der Waals surface area contributed by atoms with Gasteiger partial charge in [-0.2, -0.15) is 0 Å². The third-order valence-electron chi connectivity index (χ3n) is 5.59. The summed E-state index contributed by atoms with van der Waals surface area (Å²) in [5.74, 6) is 0.988. The summed E-state index contributed by atoms with van der Waals surface area (Å²) in [5.41, 5.74) is 3.81. The summed E-state index contributed by atoms with van der Waals surface area (Å²) in [5, 5.41) is 0.689. The first-order valence-electron chi connectivity index (χ1n) is 10.0. The molecule has 6 nitrogen and oxygen atoms in total. The lowest BCUT2D eigenvalue weighted by Crippen LogP contribution is -2.37. The van der Waals surface area contributed by atoms with Crippen LogP contribution in [-0.4, -0.2) is 44.4 Å². The highest BCUT2D eigenvalue weighted by molar-refractivity contribution is 7.22. The minimum absolute atomic E-state index is 0.0175. The van der Waals surface area contributed by atoms with Crippen LogP contribution in [0.15, 0.2) is 30.3 Å². The van der Waals surface area contributed by atoms with E-state index in [0.717, 1.165) is 35.2 Å². The van der Waals surface area contributed by atoms with E-state index in [4.69, 9.17) is 19.2 Å². The van der Waals surface area contributed by atoms with Crippen LogP contribution in [0.1, 0.15) is 34.3 Å². The van der Waals surface area contributed by atoms with Gasteiger partial charge in [-0.25, -0.2) is 4.98 Å². The van der Waals surface area contributed by atoms with E-state index in [0.29, 0.717) is 28.7 Å². The first kappa shape index (κ1) is 20.6. The summed E-state index contributed by atoms with van der Waals surface area (Å²) in [4.78, 5) is 20.2. The molecule has 0 radical (unpaired) electrons. The third kappa shape index (κ3) is 3.87. The number of fused-ring (bicyclic) bond motifs is 1. The van der Waals surface area contributed by atoms with Gasteiger partial charge < -0.3 is 14.2 Å². The van der Waals surface area contributed by atoms with Crippen molar-refractivity contribution in [3.05, 3.63) is 47.0 Å². The number of aromatic nitrogens is 1. The maximum Gasteiger partial charge on any atom is 0.260 e. The van der Waals surface area contributed by atoms with Gasteiger partial charge in [-0.15, -0.1) is 0 Å². The molecule has 158 valence electrons. The molecule has 7 heteroatoms. The lowest BCUT2D eigenvalue weighted by Gasteiger charge is -2.23. The highest BCUT2D eigenvalue weighted by atomic mass is 32.1. The van der Waals surface area contributed by atoms with Crippen molar-refractivity contribution in [2.45, 2.75) is 32.8 Å². The largest absolute Gasteiger partial charge is 0.493 e. The number of hydrogen-bond donors (Lipinski definition) is 0. The van der Waals surface area contributed by atoms with Crippen LogP contribution in [0.5, 0.6) is 11.5 Å². The number of methoxy groups -OCH3 is 2. The number of carbonyl (C=O) groups is 1. The number of carbonyl (C=O) groups excluding carboxylic acids is 1. The molecule has 1 atom stereocenters. The number of rotatable bonds is 6. The molecular weight excluding hydrogens is 400 g/mol. The van der Waals surface area contributed by atoms with Gasteiger partial charge in [0.05, 0.1) is 37.1 Å². The quantitative estimate of drug-likeness (QED) is 0.569. The van der Waals surface area contributed by atoms with Crippen molar-refractivity contribution in [1.82, 2.24) is 4.98 Å². The van der Waals surface area contributed by atoms with Crippen LogP contribution in [0.3, 0.4) is 0 Å². The van der Waals surface area contributed by atoms with E-state index in [2.05, 4.69) is 26.0 Å². The van der Waals surface area contributed by atoms with Crippen LogP contribution in [0.25, 0.3) is 10.2 Å². The summed E-state index contributed by atoms with van der Waals surface area (Å²) < 4.78 is 17.6. The van der Waals surface area contributed by atoms with E-state index in [1.807, 2.05) is 0 Å². The molecule has 1 fully saturated rings. The van der Waals surface area contributed by atoms with Crippen molar-refractivity contribution in [2.75, 3.05) is 32.3 Å². The molecular formula is C23H26N2O4S. The second kappa shape index (κ2) is 8.62. The summed E-state index contributed by atoms with van der Waals surface area (Å²) >= 11 is 1.53. The summed E-state index contributed by atoms with van der Waals surface area (Å²) in [6.07, 6.45) is 1.98. The molecule has 2 heterocycles. The van der Waals surface area contributed by atoms with Gasteiger partial charge in [0.1, 0.15) is 0 Å². The average Bonchev–Trinajstić information content (AvgIpc) is 3.43. The molecule has 1 aliphatic rings. The lowest BCUT2D eigenvalue weighted by atomic mass is 10.1. The molecule has 1 unspecified atom stereocenters. The smallest absolute Gasteiger partial charge is 0.260 e. The first-order valence-corrected chi connectivity index (χ1v) is 10.9. The summed E-state index contributed by atoms with van der Waals surface area (Å²) in [7, 11) is 3.14. The molecule has 0 aliphatic carbocycles. The normalized spacial score (nSPS) is 16.1. The predicted molar refractivity (Wildman–Crippen MR) is 119 cm³/mol. The Kier molecular flexibility index (Phi) is 5.92. The fraction of sp³-hybridized carbons (Fsp3) is 0.391. The zero-order valence-electron chi connectivity index (χ0n) is 17.7. The number of nitrogens with zero attached hydrogens (tertiary/aromatic N) is 2. The zero-order valence-corrected chi connectivity index (χ0v) is 18.5. The zero-order chi connectivity index (χ0) is 21.3. The van der Waals surface area contributed by atoms with Crippen LogP contribution in [-0.2, 0) is 4.74 Å². The van der Waals surface area contributed by atoms with Crippen molar-refractivity contribution in [1.29, 1.82) is 0 Å². The fourth-order valence-corrected chi connectivity index (χ4v) is 4.73. The summed E-state index contributed by atoms with van der Waals surface area (Å²) in [6.45, 7) is 5.36. The molecule has 1 amide bonds. The van der Waals surface area contributed by atoms with Crippen LogP contribution < -0.4 is 14.4 Å². The van der Waals surface area contributed by atoms with Gasteiger partial charge in [0.2, 0.25) is 0 Å². The van der Waals surface area contributed by atoms with Crippen LogP contribution in [0.4, 0.5) is 5.13 Å². The number of ether oxygens (including phenoxy) is 3. The Morgan fingerprint density at radius 2 is 2.00 bits per heavy atom. The molecule has 0 spiro atoms. The van der Waals surface area contributed by atoms with Gasteiger partial charge in [0.25, 0.3) is 5.91 Å². The molecule has 1 aliphatic heterocycles. The number of thiazole rings is 1. The number of aryl methyl sites for hydroxylation is 2. The second-order valence-electron chi connectivity index (χ2n) is 7.47. The molecule has 4 rings (SSSR count). The molecule has 0 saturated carbocycles. The minimum Gasteiger partial charge on any atom is -0.493 e. The summed E-state index contributed by atoms with van der Waals surface area (Å²) in [6, 6.07) is 9.40. The van der Waals surface area contributed by atoms with E-state index in [1.54, 1.807) is 37.3 Å². The topological polar surface area (TPSA) is 60.9 Å². The molecule has 0 N–H and O–H groups in total. The van der Waals surface area contributed by atoms with Gasteiger partial charge in [-0.3, -0.25) is 9.69 Å². The first-order chi connectivity index (χ1) is 14.5. The number of benzene rings is 2. The number of amides is 1. The molecule has 1 saturated heterocycles. The van der Waals surface area contributed by atoms with E-state index >= 15 is 0 Å². The maximum atomic E-state index is 13.6. The molecule has 30 heavy (non-hydrogen) atoms. The minimum atomic E-state index is -0.125. The Hall–Kier alpha value is -2.64. The molecule has 0 bridgehead atoms. The Labute approximate surface area is 180 Å². The third-order valence-corrected chi connectivity index (χ3v) is 6.63. The van der Waals surface area contributed by atoms with Gasteiger partial charge >= 0.3 is 0 Å². The Bertz CT molecular complexity index is 1070. The van der Waals surface area contributed by atoms with Crippen molar-refractivity contribution in [3.8, 4) is 11.5 Å². The van der Waals surface area contributed by atoms with Crippen molar-refractivity contribution < 1.29 is 19.0 Å². The predicted octanol–water partition coefficient (Wildman–Crippen LogP) is 4.76. The Balaban J connectivity index is 1.74. The number of hydrogen-bond acceptors (Lipinski definition) is 6. The Morgan fingerprint density at radius 1 is 1.20 bits per heavy atom. The van der Waals surface area contributed by atoms with Crippen LogP contribution >= 0.6 is 11.3 Å².